The van der Waals surface area contributed by atoms with Gasteiger partial charge in [0.1, 0.15) is 0 Å². The smallest absolute Gasteiger partial charge is 0.317 e. The molecule has 1 saturated heterocycles. The molecule has 0 aromatic heterocycles. The van der Waals surface area contributed by atoms with Crippen molar-refractivity contribution in [3.8, 4) is 0 Å². The number of urea groups is 1. The summed E-state index contributed by atoms with van der Waals surface area (Å²) in [5.74, 6) is 0. The Labute approximate surface area is 141 Å². The summed E-state index contributed by atoms with van der Waals surface area (Å²) in [6.45, 7) is 5.46. The van der Waals surface area contributed by atoms with Gasteiger partial charge < -0.3 is 15.1 Å². The molecule has 120 valence electrons. The second-order valence-corrected chi connectivity index (χ2v) is 7.21. The third kappa shape index (κ3) is 3.57. The van der Waals surface area contributed by atoms with Crippen LogP contribution in [0.25, 0.3) is 0 Å². The Morgan fingerprint density at radius 2 is 1.86 bits per heavy atom. The minimum absolute atomic E-state index is 0.120. The van der Waals surface area contributed by atoms with Crippen LogP contribution in [0.5, 0.6) is 0 Å². The first-order chi connectivity index (χ1) is 10.6. The van der Waals surface area contributed by atoms with Crippen molar-refractivity contribution in [1.29, 1.82) is 0 Å². The van der Waals surface area contributed by atoms with Crippen LogP contribution in [0.1, 0.15) is 31.2 Å². The van der Waals surface area contributed by atoms with Crippen LogP contribution < -0.4 is 10.2 Å². The predicted octanol–water partition coefficient (Wildman–Crippen LogP) is 3.53. The van der Waals surface area contributed by atoms with Crippen LogP contribution in [-0.4, -0.2) is 43.2 Å². The fourth-order valence-corrected chi connectivity index (χ4v) is 4.10. The molecule has 2 fully saturated rings. The van der Waals surface area contributed by atoms with E-state index in [4.69, 9.17) is 0 Å². The first-order valence-electron chi connectivity index (χ1n) is 8.20. The van der Waals surface area contributed by atoms with E-state index >= 15 is 0 Å². The van der Waals surface area contributed by atoms with Gasteiger partial charge in [-0.15, -0.1) is 0 Å². The minimum atomic E-state index is 0.120. The molecule has 0 radical (unpaired) electrons. The number of rotatable bonds is 2. The van der Waals surface area contributed by atoms with E-state index < -0.39 is 0 Å². The molecule has 3 rings (SSSR count). The molecule has 1 N–H and O–H groups in total. The minimum Gasteiger partial charge on any atom is -0.367 e. The number of aryl methyl sites for hydroxylation is 1. The van der Waals surface area contributed by atoms with Crippen LogP contribution in [0.2, 0.25) is 0 Å². The molecule has 1 aliphatic carbocycles. The Morgan fingerprint density at radius 3 is 2.50 bits per heavy atom. The summed E-state index contributed by atoms with van der Waals surface area (Å²) < 4.78 is 1.14. The van der Waals surface area contributed by atoms with E-state index in [1.54, 1.807) is 0 Å². The SMILES string of the molecule is Cc1ccc(N2CCN(C(=O)NC3CCCC3)CC2)c(Br)c1. The quantitative estimate of drug-likeness (QED) is 0.869. The van der Waals surface area contributed by atoms with Crippen molar-refractivity contribution in [2.75, 3.05) is 31.1 Å². The van der Waals surface area contributed by atoms with Crippen molar-refractivity contribution >= 4 is 27.6 Å². The van der Waals surface area contributed by atoms with Gasteiger partial charge in [-0.1, -0.05) is 18.9 Å². The summed E-state index contributed by atoms with van der Waals surface area (Å²) in [5.41, 5.74) is 2.48. The number of piperazine rings is 1. The molecule has 1 aliphatic heterocycles. The van der Waals surface area contributed by atoms with Gasteiger partial charge >= 0.3 is 6.03 Å². The van der Waals surface area contributed by atoms with Crippen molar-refractivity contribution in [3.63, 3.8) is 0 Å². The summed E-state index contributed by atoms with van der Waals surface area (Å²) in [6.07, 6.45) is 4.78. The average Bonchev–Trinajstić information content (AvgIpc) is 3.00. The number of hydrogen-bond acceptors (Lipinski definition) is 2. The van der Waals surface area contributed by atoms with Gasteiger partial charge in [0.25, 0.3) is 0 Å². The molecule has 1 aromatic rings. The maximum absolute atomic E-state index is 12.3. The molecule has 0 unspecified atom stereocenters. The normalized spacial score (nSPS) is 19.5. The van der Waals surface area contributed by atoms with Gasteiger partial charge in [-0.05, 0) is 53.4 Å². The average molecular weight is 366 g/mol. The Bertz CT molecular complexity index is 535. The largest absolute Gasteiger partial charge is 0.367 e. The van der Waals surface area contributed by atoms with E-state index in [1.807, 2.05) is 4.90 Å². The van der Waals surface area contributed by atoms with E-state index in [9.17, 15) is 4.79 Å². The second kappa shape index (κ2) is 6.90. The highest BCUT2D eigenvalue weighted by molar-refractivity contribution is 9.10. The Morgan fingerprint density at radius 1 is 1.18 bits per heavy atom. The number of amides is 2. The van der Waals surface area contributed by atoms with Gasteiger partial charge in [0.05, 0.1) is 5.69 Å². The number of anilines is 1. The molecule has 0 atom stereocenters. The molecule has 2 aliphatic rings. The molecular formula is C17H24BrN3O. The Balaban J connectivity index is 1.54. The van der Waals surface area contributed by atoms with Crippen molar-refractivity contribution in [3.05, 3.63) is 28.2 Å². The van der Waals surface area contributed by atoms with Crippen LogP contribution in [-0.2, 0) is 0 Å². The van der Waals surface area contributed by atoms with Crippen molar-refractivity contribution in [1.82, 2.24) is 10.2 Å². The van der Waals surface area contributed by atoms with Gasteiger partial charge in [0, 0.05) is 36.7 Å². The highest BCUT2D eigenvalue weighted by atomic mass is 79.9. The fraction of sp³-hybridized carbons (Fsp3) is 0.588. The number of nitrogens with zero attached hydrogens (tertiary/aromatic N) is 2. The van der Waals surface area contributed by atoms with Crippen molar-refractivity contribution < 1.29 is 4.79 Å². The lowest BCUT2D eigenvalue weighted by Crippen LogP contribution is -2.53. The first-order valence-corrected chi connectivity index (χ1v) is 8.99. The number of carbonyl (C=O) groups excluding carboxylic acids is 1. The summed E-state index contributed by atoms with van der Waals surface area (Å²) >= 11 is 3.65. The number of nitrogens with one attached hydrogen (secondary N) is 1. The highest BCUT2D eigenvalue weighted by Crippen LogP contribution is 2.28. The third-order valence-electron chi connectivity index (χ3n) is 4.69. The molecule has 1 heterocycles. The molecule has 0 spiro atoms. The summed E-state index contributed by atoms with van der Waals surface area (Å²) in [7, 11) is 0. The van der Waals surface area contributed by atoms with E-state index in [-0.39, 0.29) is 6.03 Å². The molecule has 1 saturated carbocycles. The molecule has 22 heavy (non-hydrogen) atoms. The van der Waals surface area contributed by atoms with Crippen molar-refractivity contribution in [2.45, 2.75) is 38.6 Å². The number of benzene rings is 1. The zero-order valence-corrected chi connectivity index (χ0v) is 14.7. The van der Waals surface area contributed by atoms with Crippen LogP contribution in [0.15, 0.2) is 22.7 Å². The van der Waals surface area contributed by atoms with Gasteiger partial charge in [-0.25, -0.2) is 4.79 Å². The fourth-order valence-electron chi connectivity index (χ4n) is 3.35. The monoisotopic (exact) mass is 365 g/mol. The van der Waals surface area contributed by atoms with E-state index in [2.05, 4.69) is 51.3 Å². The van der Waals surface area contributed by atoms with Gasteiger partial charge in [-0.2, -0.15) is 0 Å². The molecule has 1 aromatic carbocycles. The first kappa shape index (κ1) is 15.7. The Kier molecular flexibility index (Phi) is 4.91. The van der Waals surface area contributed by atoms with Crippen LogP contribution in [0, 0.1) is 6.92 Å². The van der Waals surface area contributed by atoms with E-state index in [0.717, 1.165) is 43.5 Å². The zero-order valence-electron chi connectivity index (χ0n) is 13.1. The van der Waals surface area contributed by atoms with Crippen LogP contribution >= 0.6 is 15.9 Å². The second-order valence-electron chi connectivity index (χ2n) is 6.36. The number of carbonyl (C=O) groups is 1. The summed E-state index contributed by atoms with van der Waals surface area (Å²) in [5, 5.41) is 3.18. The van der Waals surface area contributed by atoms with Gasteiger partial charge in [-0.3, -0.25) is 0 Å². The number of hydrogen-bond donors (Lipinski definition) is 1. The highest BCUT2D eigenvalue weighted by Gasteiger charge is 2.25. The topological polar surface area (TPSA) is 35.6 Å². The predicted molar refractivity (Wildman–Crippen MR) is 93.5 cm³/mol. The lowest BCUT2D eigenvalue weighted by molar-refractivity contribution is 0.190. The lowest BCUT2D eigenvalue weighted by Gasteiger charge is -2.37. The molecule has 4 nitrogen and oxygen atoms in total. The van der Waals surface area contributed by atoms with Crippen molar-refractivity contribution in [2.24, 2.45) is 0 Å². The maximum atomic E-state index is 12.3. The van der Waals surface area contributed by atoms with E-state index in [0.29, 0.717) is 6.04 Å². The Hall–Kier alpha value is -1.23. The van der Waals surface area contributed by atoms with E-state index in [1.165, 1.54) is 24.1 Å². The van der Waals surface area contributed by atoms with Crippen LogP contribution in [0.3, 0.4) is 0 Å². The molecule has 2 amide bonds. The third-order valence-corrected chi connectivity index (χ3v) is 5.33. The summed E-state index contributed by atoms with van der Waals surface area (Å²) in [4.78, 5) is 16.6. The maximum Gasteiger partial charge on any atom is 0.317 e. The standard InChI is InChI=1S/C17H24BrN3O/c1-13-6-7-16(15(18)12-13)20-8-10-21(11-9-20)17(22)19-14-4-2-3-5-14/h6-7,12,14H,2-5,8-11H2,1H3,(H,19,22). The lowest BCUT2D eigenvalue weighted by atomic mass is 10.2. The molecular weight excluding hydrogens is 342 g/mol. The zero-order chi connectivity index (χ0) is 15.5. The number of halogens is 1. The van der Waals surface area contributed by atoms with Gasteiger partial charge in [0.2, 0.25) is 0 Å². The van der Waals surface area contributed by atoms with Crippen LogP contribution in [0.4, 0.5) is 10.5 Å². The molecule has 5 heteroatoms. The summed E-state index contributed by atoms with van der Waals surface area (Å²) in [6, 6.07) is 6.97. The molecule has 0 bridgehead atoms. The van der Waals surface area contributed by atoms with Gasteiger partial charge in [0.15, 0.2) is 0 Å².